The van der Waals surface area contributed by atoms with Gasteiger partial charge in [0.15, 0.2) is 11.5 Å². The van der Waals surface area contributed by atoms with Crippen molar-refractivity contribution in [2.45, 2.75) is 13.0 Å². The monoisotopic (exact) mass is 249 g/mol. The molecule has 1 aromatic carbocycles. The molecule has 0 spiro atoms. The van der Waals surface area contributed by atoms with Gasteiger partial charge in [0.1, 0.15) is 0 Å². The van der Waals surface area contributed by atoms with Crippen LogP contribution in [0.15, 0.2) is 35.0 Å². The van der Waals surface area contributed by atoms with Crippen LogP contribution in [0, 0.1) is 0 Å². The minimum absolute atomic E-state index is 0.146. The highest BCUT2D eigenvalue weighted by Gasteiger charge is 2.12. The van der Waals surface area contributed by atoms with Gasteiger partial charge in [-0.25, -0.2) is 0 Å². The highest BCUT2D eigenvalue weighted by atomic mass is 32.1. The van der Waals surface area contributed by atoms with Crippen LogP contribution in [-0.2, 0) is 0 Å². The lowest BCUT2D eigenvalue weighted by Crippen LogP contribution is -2.10. The van der Waals surface area contributed by atoms with Crippen molar-refractivity contribution in [3.8, 4) is 11.5 Å². The largest absolute Gasteiger partial charge is 0.504 e. The van der Waals surface area contributed by atoms with E-state index in [-0.39, 0.29) is 11.8 Å². The van der Waals surface area contributed by atoms with Crippen LogP contribution in [0.1, 0.15) is 24.1 Å². The average molecular weight is 249 g/mol. The minimum atomic E-state index is -0.180. The van der Waals surface area contributed by atoms with Crippen molar-refractivity contribution in [3.05, 3.63) is 46.2 Å². The van der Waals surface area contributed by atoms with Gasteiger partial charge in [0.2, 0.25) is 0 Å². The van der Waals surface area contributed by atoms with Crippen molar-refractivity contribution >= 4 is 11.3 Å². The summed E-state index contributed by atoms with van der Waals surface area (Å²) < 4.78 is 5.34. The summed E-state index contributed by atoms with van der Waals surface area (Å²) in [5, 5.41) is 13.6. The molecule has 3 N–H and O–H groups in total. The van der Waals surface area contributed by atoms with Gasteiger partial charge in [-0.05, 0) is 47.0 Å². The second-order valence-corrected chi connectivity index (χ2v) is 4.47. The Kier molecular flexibility index (Phi) is 3.66. The molecule has 17 heavy (non-hydrogen) atoms. The molecule has 2 aromatic rings. The smallest absolute Gasteiger partial charge is 0.161 e. The van der Waals surface area contributed by atoms with E-state index in [4.69, 9.17) is 10.5 Å². The fourth-order valence-electron chi connectivity index (χ4n) is 1.64. The molecule has 0 unspecified atom stereocenters. The Bertz CT molecular complexity index is 482. The van der Waals surface area contributed by atoms with Gasteiger partial charge in [0.05, 0.1) is 12.6 Å². The predicted octanol–water partition coefficient (Wildman–Crippen LogP) is 2.90. The topological polar surface area (TPSA) is 55.5 Å². The van der Waals surface area contributed by atoms with Gasteiger partial charge in [-0.15, -0.1) is 0 Å². The summed E-state index contributed by atoms with van der Waals surface area (Å²) in [6.07, 6.45) is 0. The number of hydrogen-bond acceptors (Lipinski definition) is 4. The molecule has 0 amide bonds. The Hall–Kier alpha value is -1.52. The van der Waals surface area contributed by atoms with Crippen LogP contribution in [0.5, 0.6) is 11.5 Å². The Morgan fingerprint density at radius 1 is 1.35 bits per heavy atom. The predicted molar refractivity (Wildman–Crippen MR) is 69.6 cm³/mol. The summed E-state index contributed by atoms with van der Waals surface area (Å²) in [6.45, 7) is 2.40. The molecular weight excluding hydrogens is 234 g/mol. The van der Waals surface area contributed by atoms with Crippen molar-refractivity contribution < 1.29 is 9.84 Å². The van der Waals surface area contributed by atoms with Gasteiger partial charge in [-0.2, -0.15) is 11.3 Å². The summed E-state index contributed by atoms with van der Waals surface area (Å²) >= 11 is 1.62. The van der Waals surface area contributed by atoms with Crippen LogP contribution in [0.4, 0.5) is 0 Å². The molecule has 2 rings (SSSR count). The fraction of sp³-hybridized carbons (Fsp3) is 0.231. The van der Waals surface area contributed by atoms with E-state index >= 15 is 0 Å². The Morgan fingerprint density at radius 3 is 2.82 bits per heavy atom. The number of aromatic hydroxyl groups is 1. The summed E-state index contributed by atoms with van der Waals surface area (Å²) in [6, 6.07) is 7.05. The van der Waals surface area contributed by atoms with Gasteiger partial charge < -0.3 is 15.6 Å². The van der Waals surface area contributed by atoms with E-state index in [0.29, 0.717) is 12.4 Å². The number of hydrogen-bond donors (Lipinski definition) is 2. The summed E-state index contributed by atoms with van der Waals surface area (Å²) in [7, 11) is 0. The van der Waals surface area contributed by atoms with Gasteiger partial charge >= 0.3 is 0 Å². The minimum Gasteiger partial charge on any atom is -0.504 e. The molecule has 90 valence electrons. The number of benzene rings is 1. The third kappa shape index (κ3) is 2.60. The molecule has 0 aliphatic rings. The Balaban J connectivity index is 2.30. The van der Waals surface area contributed by atoms with Crippen molar-refractivity contribution in [1.29, 1.82) is 0 Å². The number of ether oxygens (including phenoxy) is 1. The second-order valence-electron chi connectivity index (χ2n) is 3.69. The molecule has 1 heterocycles. The lowest BCUT2D eigenvalue weighted by Gasteiger charge is -2.13. The molecule has 0 saturated carbocycles. The molecular formula is C13H15NO2S. The van der Waals surface area contributed by atoms with E-state index in [0.717, 1.165) is 11.1 Å². The van der Waals surface area contributed by atoms with Crippen molar-refractivity contribution in [2.24, 2.45) is 5.73 Å². The molecule has 0 aliphatic heterocycles. The number of phenolic OH excluding ortho intramolecular Hbond substituents is 1. The van der Waals surface area contributed by atoms with E-state index in [9.17, 15) is 5.11 Å². The van der Waals surface area contributed by atoms with Crippen LogP contribution in [0.25, 0.3) is 0 Å². The standard InChI is InChI=1S/C13H15NO2S/c1-2-16-12-7-9(3-4-11(12)15)13(14)10-5-6-17-8-10/h3-8,13,15H,2,14H2,1H3/t13-/m0/s1. The first kappa shape index (κ1) is 12.0. The summed E-state index contributed by atoms with van der Waals surface area (Å²) in [4.78, 5) is 0. The first-order chi connectivity index (χ1) is 8.22. The zero-order valence-corrected chi connectivity index (χ0v) is 10.4. The van der Waals surface area contributed by atoms with E-state index in [2.05, 4.69) is 0 Å². The first-order valence-corrected chi connectivity index (χ1v) is 6.40. The zero-order valence-electron chi connectivity index (χ0n) is 9.59. The molecule has 1 atom stereocenters. The number of rotatable bonds is 4. The summed E-state index contributed by atoms with van der Waals surface area (Å²) in [5.74, 6) is 0.629. The van der Waals surface area contributed by atoms with Crippen LogP contribution >= 0.6 is 11.3 Å². The molecule has 1 aromatic heterocycles. The lowest BCUT2D eigenvalue weighted by molar-refractivity contribution is 0.317. The Labute approximate surface area is 104 Å². The van der Waals surface area contributed by atoms with E-state index in [1.165, 1.54) is 0 Å². The van der Waals surface area contributed by atoms with Crippen molar-refractivity contribution in [3.63, 3.8) is 0 Å². The van der Waals surface area contributed by atoms with E-state index in [1.54, 1.807) is 23.5 Å². The highest BCUT2D eigenvalue weighted by molar-refractivity contribution is 7.08. The SMILES string of the molecule is CCOc1cc([C@H](N)c2ccsc2)ccc1O. The molecule has 0 saturated heterocycles. The lowest BCUT2D eigenvalue weighted by atomic mass is 10.0. The number of thiophene rings is 1. The van der Waals surface area contributed by atoms with E-state index in [1.807, 2.05) is 29.8 Å². The van der Waals surface area contributed by atoms with Crippen molar-refractivity contribution in [2.75, 3.05) is 6.61 Å². The maximum atomic E-state index is 9.61. The fourth-order valence-corrected chi connectivity index (χ4v) is 2.34. The molecule has 0 aliphatic carbocycles. The van der Waals surface area contributed by atoms with Gasteiger partial charge in [-0.1, -0.05) is 6.07 Å². The first-order valence-electron chi connectivity index (χ1n) is 5.45. The van der Waals surface area contributed by atoms with Crippen molar-refractivity contribution in [1.82, 2.24) is 0 Å². The highest BCUT2D eigenvalue weighted by Crippen LogP contribution is 2.31. The van der Waals surface area contributed by atoms with Gasteiger partial charge in [-0.3, -0.25) is 0 Å². The van der Waals surface area contributed by atoms with E-state index < -0.39 is 0 Å². The van der Waals surface area contributed by atoms with Crippen LogP contribution in [0.2, 0.25) is 0 Å². The third-order valence-electron chi connectivity index (χ3n) is 2.55. The van der Waals surface area contributed by atoms with Crippen LogP contribution in [-0.4, -0.2) is 11.7 Å². The normalized spacial score (nSPS) is 12.4. The quantitative estimate of drug-likeness (QED) is 0.876. The summed E-state index contributed by atoms with van der Waals surface area (Å²) in [5.41, 5.74) is 8.15. The molecule has 3 nitrogen and oxygen atoms in total. The maximum absolute atomic E-state index is 9.61. The average Bonchev–Trinajstić information content (AvgIpc) is 2.85. The molecule has 0 fully saturated rings. The second kappa shape index (κ2) is 5.21. The number of phenols is 1. The molecule has 0 bridgehead atoms. The third-order valence-corrected chi connectivity index (χ3v) is 3.25. The van der Waals surface area contributed by atoms with Gasteiger partial charge in [0, 0.05) is 0 Å². The molecule has 0 radical (unpaired) electrons. The maximum Gasteiger partial charge on any atom is 0.161 e. The molecule has 4 heteroatoms. The van der Waals surface area contributed by atoms with Crippen LogP contribution in [0.3, 0.4) is 0 Å². The Morgan fingerprint density at radius 2 is 2.18 bits per heavy atom. The van der Waals surface area contributed by atoms with Gasteiger partial charge in [0.25, 0.3) is 0 Å². The van der Waals surface area contributed by atoms with Crippen LogP contribution < -0.4 is 10.5 Å². The zero-order chi connectivity index (χ0) is 12.3. The number of nitrogens with two attached hydrogens (primary N) is 1.